The topological polar surface area (TPSA) is 71.8 Å². The normalized spacial score (nSPS) is 10.8. The van der Waals surface area contributed by atoms with Gasteiger partial charge >= 0.3 is 0 Å². The minimum absolute atomic E-state index is 0.153. The maximum absolute atomic E-state index is 12.5. The van der Waals surface area contributed by atoms with Gasteiger partial charge in [-0.3, -0.25) is 9.36 Å². The van der Waals surface area contributed by atoms with Gasteiger partial charge in [0.1, 0.15) is 0 Å². The number of aromatic nitrogens is 3. The number of nitrogens with one attached hydrogen (secondary N) is 2. The number of aryl methyl sites for hydroxylation is 2. The molecule has 0 aliphatic rings. The number of thioether (sulfide) groups is 1. The van der Waals surface area contributed by atoms with Gasteiger partial charge in [0.2, 0.25) is 5.91 Å². The molecule has 1 heterocycles. The Morgan fingerprint density at radius 2 is 1.76 bits per heavy atom. The number of halogens is 2. The average molecular weight is 512 g/mol. The molecule has 0 atom stereocenters. The molecule has 0 bridgehead atoms. The van der Waals surface area contributed by atoms with Crippen molar-refractivity contribution < 1.29 is 4.79 Å². The molecule has 0 aliphatic heterocycles. The molecule has 4 rings (SSSR count). The van der Waals surface area contributed by atoms with Gasteiger partial charge in [0.15, 0.2) is 11.0 Å². The molecule has 3 aromatic carbocycles. The Morgan fingerprint density at radius 3 is 2.50 bits per heavy atom. The molecule has 6 nitrogen and oxygen atoms in total. The van der Waals surface area contributed by atoms with Crippen LogP contribution in [0, 0.1) is 13.8 Å². The van der Waals surface area contributed by atoms with E-state index >= 15 is 0 Å². The number of carbonyl (C=O) groups is 1. The molecular weight excluding hydrogens is 489 g/mol. The molecule has 0 spiro atoms. The fourth-order valence-corrected chi connectivity index (χ4v) is 4.38. The Hall–Kier alpha value is -3.00. The summed E-state index contributed by atoms with van der Waals surface area (Å²) in [5, 5.41) is 16.9. The first-order valence-corrected chi connectivity index (χ1v) is 12.3. The molecule has 0 saturated heterocycles. The summed E-state index contributed by atoms with van der Waals surface area (Å²) in [6.45, 7) is 4.44. The maximum Gasteiger partial charge on any atom is 0.234 e. The lowest BCUT2D eigenvalue weighted by molar-refractivity contribution is -0.113. The molecule has 9 heteroatoms. The summed E-state index contributed by atoms with van der Waals surface area (Å²) in [6.07, 6.45) is 0. The molecule has 0 radical (unpaired) electrons. The van der Waals surface area contributed by atoms with Crippen molar-refractivity contribution >= 4 is 52.2 Å². The van der Waals surface area contributed by atoms with E-state index in [2.05, 4.69) is 20.8 Å². The van der Waals surface area contributed by atoms with E-state index in [4.69, 9.17) is 23.2 Å². The van der Waals surface area contributed by atoms with Crippen molar-refractivity contribution in [2.45, 2.75) is 25.5 Å². The van der Waals surface area contributed by atoms with Gasteiger partial charge in [-0.05, 0) is 61.9 Å². The van der Waals surface area contributed by atoms with Gasteiger partial charge in [-0.2, -0.15) is 0 Å². The van der Waals surface area contributed by atoms with Crippen LogP contribution >= 0.6 is 35.0 Å². The number of hydrogen-bond acceptors (Lipinski definition) is 5. The monoisotopic (exact) mass is 511 g/mol. The standard InChI is InChI=1S/C25H23Cl2N5OS/c1-16-6-10-21(11-7-16)32-23(14-28-19-9-8-17(2)22(27)13-19)30-31-25(32)34-15-24(33)29-20-5-3-4-18(26)12-20/h3-13,28H,14-15H2,1-2H3,(H,29,33). The van der Waals surface area contributed by atoms with Crippen LogP contribution < -0.4 is 10.6 Å². The minimum Gasteiger partial charge on any atom is -0.378 e. The maximum atomic E-state index is 12.5. The van der Waals surface area contributed by atoms with E-state index in [1.165, 1.54) is 11.8 Å². The second-order valence-electron chi connectivity index (χ2n) is 7.73. The van der Waals surface area contributed by atoms with Gasteiger partial charge in [0.05, 0.1) is 12.3 Å². The number of anilines is 2. The molecule has 0 saturated carbocycles. The largest absolute Gasteiger partial charge is 0.378 e. The van der Waals surface area contributed by atoms with Crippen molar-refractivity contribution in [3.63, 3.8) is 0 Å². The summed E-state index contributed by atoms with van der Waals surface area (Å²) in [7, 11) is 0. The summed E-state index contributed by atoms with van der Waals surface area (Å²) in [6, 6.07) is 21.0. The van der Waals surface area contributed by atoms with Gasteiger partial charge in [-0.25, -0.2) is 0 Å². The van der Waals surface area contributed by atoms with Crippen molar-refractivity contribution in [1.29, 1.82) is 0 Å². The summed E-state index contributed by atoms with van der Waals surface area (Å²) < 4.78 is 1.96. The fourth-order valence-electron chi connectivity index (χ4n) is 3.24. The summed E-state index contributed by atoms with van der Waals surface area (Å²) in [5.74, 6) is 0.746. The molecule has 0 aliphatic carbocycles. The first-order chi connectivity index (χ1) is 16.4. The molecule has 0 unspecified atom stereocenters. The predicted molar refractivity (Wildman–Crippen MR) is 140 cm³/mol. The zero-order valence-corrected chi connectivity index (χ0v) is 21.0. The summed E-state index contributed by atoms with van der Waals surface area (Å²) in [5.41, 5.74) is 4.64. The van der Waals surface area contributed by atoms with Crippen LogP contribution in [0.1, 0.15) is 17.0 Å². The van der Waals surface area contributed by atoms with Crippen LogP contribution in [0.25, 0.3) is 5.69 Å². The molecule has 34 heavy (non-hydrogen) atoms. The van der Waals surface area contributed by atoms with Crippen LogP contribution in [0.3, 0.4) is 0 Å². The van der Waals surface area contributed by atoms with E-state index in [-0.39, 0.29) is 11.7 Å². The van der Waals surface area contributed by atoms with Gasteiger partial charge in [0, 0.05) is 27.1 Å². The van der Waals surface area contributed by atoms with E-state index in [0.717, 1.165) is 28.3 Å². The molecule has 1 amide bonds. The lowest BCUT2D eigenvalue weighted by Crippen LogP contribution is -2.15. The second kappa shape index (κ2) is 11.0. The van der Waals surface area contributed by atoms with Gasteiger partial charge in [-0.1, -0.05) is 64.8 Å². The van der Waals surface area contributed by atoms with Crippen LogP contribution in [0.5, 0.6) is 0 Å². The fraction of sp³-hybridized carbons (Fsp3) is 0.160. The number of rotatable bonds is 8. The van der Waals surface area contributed by atoms with E-state index in [1.54, 1.807) is 24.3 Å². The van der Waals surface area contributed by atoms with Crippen LogP contribution in [-0.4, -0.2) is 26.4 Å². The minimum atomic E-state index is -0.153. The van der Waals surface area contributed by atoms with Crippen LogP contribution in [0.4, 0.5) is 11.4 Å². The lowest BCUT2D eigenvalue weighted by Gasteiger charge is -2.12. The number of hydrogen-bond donors (Lipinski definition) is 2. The van der Waals surface area contributed by atoms with Crippen molar-refractivity contribution in [1.82, 2.24) is 14.8 Å². The highest BCUT2D eigenvalue weighted by molar-refractivity contribution is 7.99. The first kappa shape index (κ1) is 24.1. The van der Waals surface area contributed by atoms with Gasteiger partial charge in [-0.15, -0.1) is 10.2 Å². The molecular formula is C25H23Cl2N5OS. The van der Waals surface area contributed by atoms with Crippen molar-refractivity contribution in [3.8, 4) is 5.69 Å². The SMILES string of the molecule is Cc1ccc(-n2c(CNc3ccc(C)c(Cl)c3)nnc2SCC(=O)Nc2cccc(Cl)c2)cc1. The third-order valence-corrected chi connectivity index (χ3v) is 6.63. The Labute approximate surface area is 212 Å². The Morgan fingerprint density at radius 1 is 0.971 bits per heavy atom. The smallest absolute Gasteiger partial charge is 0.234 e. The van der Waals surface area contributed by atoms with Crippen LogP contribution in [0.15, 0.2) is 71.9 Å². The van der Waals surface area contributed by atoms with Crippen molar-refractivity contribution in [2.75, 3.05) is 16.4 Å². The quantitative estimate of drug-likeness (QED) is 0.263. The Kier molecular flexibility index (Phi) is 7.77. The summed E-state index contributed by atoms with van der Waals surface area (Å²) in [4.78, 5) is 12.5. The van der Waals surface area contributed by atoms with Gasteiger partial charge < -0.3 is 10.6 Å². The third kappa shape index (κ3) is 6.11. The molecule has 0 fully saturated rings. The predicted octanol–water partition coefficient (Wildman–Crippen LogP) is 6.53. The van der Waals surface area contributed by atoms with E-state index < -0.39 is 0 Å². The molecule has 4 aromatic rings. The zero-order chi connectivity index (χ0) is 24.1. The zero-order valence-electron chi connectivity index (χ0n) is 18.7. The number of carbonyl (C=O) groups excluding carboxylic acids is 1. The van der Waals surface area contributed by atoms with E-state index in [9.17, 15) is 4.79 Å². The summed E-state index contributed by atoms with van der Waals surface area (Å²) >= 11 is 13.6. The highest BCUT2D eigenvalue weighted by Gasteiger charge is 2.16. The van der Waals surface area contributed by atoms with E-state index in [0.29, 0.717) is 27.4 Å². The Bertz CT molecular complexity index is 1310. The highest BCUT2D eigenvalue weighted by Crippen LogP contribution is 2.25. The third-order valence-electron chi connectivity index (χ3n) is 5.06. The van der Waals surface area contributed by atoms with Crippen molar-refractivity contribution in [3.05, 3.63) is 93.7 Å². The average Bonchev–Trinajstić information content (AvgIpc) is 3.22. The molecule has 174 valence electrons. The Balaban J connectivity index is 1.52. The highest BCUT2D eigenvalue weighted by atomic mass is 35.5. The van der Waals surface area contributed by atoms with Gasteiger partial charge in [0.25, 0.3) is 0 Å². The second-order valence-corrected chi connectivity index (χ2v) is 9.52. The molecule has 2 N–H and O–H groups in total. The van der Waals surface area contributed by atoms with Crippen LogP contribution in [-0.2, 0) is 11.3 Å². The number of benzene rings is 3. The van der Waals surface area contributed by atoms with Crippen LogP contribution in [0.2, 0.25) is 10.0 Å². The first-order valence-electron chi connectivity index (χ1n) is 10.6. The lowest BCUT2D eigenvalue weighted by atomic mass is 10.2. The number of amides is 1. The molecule has 1 aromatic heterocycles. The number of nitrogens with zero attached hydrogens (tertiary/aromatic N) is 3. The van der Waals surface area contributed by atoms with E-state index in [1.807, 2.05) is 60.9 Å². The van der Waals surface area contributed by atoms with Crippen molar-refractivity contribution in [2.24, 2.45) is 0 Å².